The summed E-state index contributed by atoms with van der Waals surface area (Å²) in [5.41, 5.74) is -0.0694. The van der Waals surface area contributed by atoms with Crippen LogP contribution in [0.1, 0.15) is 49.1 Å². The molecule has 0 amide bonds. The molecule has 1 aromatic carbocycles. The van der Waals surface area contributed by atoms with Crippen LogP contribution in [0.15, 0.2) is 36.4 Å². The van der Waals surface area contributed by atoms with E-state index in [4.69, 9.17) is 4.74 Å². The van der Waals surface area contributed by atoms with Crippen molar-refractivity contribution in [2.45, 2.75) is 50.1 Å². The molecule has 1 unspecified atom stereocenters. The molecule has 0 bridgehead atoms. The Morgan fingerprint density at radius 3 is 2.38 bits per heavy atom. The molecule has 9 heteroatoms. The third-order valence-corrected chi connectivity index (χ3v) is 7.04. The minimum absolute atomic E-state index is 0.0319. The van der Waals surface area contributed by atoms with Gasteiger partial charge in [0.25, 0.3) is 0 Å². The van der Waals surface area contributed by atoms with Crippen molar-refractivity contribution in [3.63, 3.8) is 0 Å². The van der Waals surface area contributed by atoms with Crippen LogP contribution in [-0.4, -0.2) is 55.9 Å². The van der Waals surface area contributed by atoms with E-state index in [2.05, 4.69) is 9.88 Å². The lowest BCUT2D eigenvalue weighted by atomic mass is 9.73. The minimum atomic E-state index is -4.55. The summed E-state index contributed by atoms with van der Waals surface area (Å²) >= 11 is 0. The van der Waals surface area contributed by atoms with Gasteiger partial charge in [0, 0.05) is 12.0 Å². The fourth-order valence-electron chi connectivity index (χ4n) is 4.73. The van der Waals surface area contributed by atoms with E-state index in [0.717, 1.165) is 43.6 Å². The molecular formula is C25H30F5N3O. The van der Waals surface area contributed by atoms with Crippen molar-refractivity contribution >= 4 is 5.82 Å². The number of halogens is 5. The molecule has 4 nitrogen and oxygen atoms in total. The zero-order valence-electron chi connectivity index (χ0n) is 19.4. The first-order valence-corrected chi connectivity index (χ1v) is 11.6. The average Bonchev–Trinajstić information content (AvgIpc) is 3.25. The monoisotopic (exact) mass is 483 g/mol. The number of benzene rings is 1. The van der Waals surface area contributed by atoms with Crippen molar-refractivity contribution in [2.24, 2.45) is 0 Å². The van der Waals surface area contributed by atoms with E-state index in [9.17, 15) is 22.0 Å². The zero-order valence-corrected chi connectivity index (χ0v) is 19.4. The minimum Gasteiger partial charge on any atom is -0.371 e. The molecule has 0 saturated carbocycles. The second-order valence-corrected chi connectivity index (χ2v) is 9.51. The summed E-state index contributed by atoms with van der Waals surface area (Å²) in [6.45, 7) is 3.98. The standard InChI is InChI=1S/C25H30F5N3O/c1-17(22-13-19(25(28,29)30)14-23(31-22)33-10-7-21(27)15-33)34-16-24(8-11-32(2)12-9-24)18-3-5-20(26)6-4-18/h3-6,13-14,17,21H,7-12,15-16H2,1-2H3/t17?,21-/m1/s1. The van der Waals surface area contributed by atoms with E-state index in [1.165, 1.54) is 12.1 Å². The first kappa shape index (κ1) is 24.9. The van der Waals surface area contributed by atoms with Gasteiger partial charge in [0.1, 0.15) is 17.8 Å². The molecule has 1 aromatic heterocycles. The first-order valence-electron chi connectivity index (χ1n) is 11.6. The molecule has 2 atom stereocenters. The summed E-state index contributed by atoms with van der Waals surface area (Å²) in [7, 11) is 2.03. The quantitative estimate of drug-likeness (QED) is 0.506. The van der Waals surface area contributed by atoms with Crippen molar-refractivity contribution in [3.8, 4) is 0 Å². The summed E-state index contributed by atoms with van der Waals surface area (Å²) in [5.74, 6) is -0.202. The van der Waals surface area contributed by atoms with Crippen LogP contribution in [0.5, 0.6) is 0 Å². The molecule has 2 aromatic rings. The van der Waals surface area contributed by atoms with Gasteiger partial charge in [-0.25, -0.2) is 13.8 Å². The van der Waals surface area contributed by atoms with Crippen LogP contribution in [0, 0.1) is 5.82 Å². The molecule has 186 valence electrons. The number of likely N-dealkylation sites (tertiary alicyclic amines) is 1. The highest BCUT2D eigenvalue weighted by atomic mass is 19.4. The topological polar surface area (TPSA) is 28.6 Å². The fraction of sp³-hybridized carbons (Fsp3) is 0.560. The lowest BCUT2D eigenvalue weighted by Crippen LogP contribution is -2.44. The molecule has 0 aliphatic carbocycles. The summed E-state index contributed by atoms with van der Waals surface area (Å²) < 4.78 is 74.2. The highest BCUT2D eigenvalue weighted by Crippen LogP contribution is 2.38. The van der Waals surface area contributed by atoms with Crippen LogP contribution in [0.3, 0.4) is 0 Å². The molecule has 0 N–H and O–H groups in total. The summed E-state index contributed by atoms with van der Waals surface area (Å²) in [5, 5.41) is 0. The Bertz CT molecular complexity index is 974. The second kappa shape index (κ2) is 9.77. The van der Waals surface area contributed by atoms with E-state index in [0.29, 0.717) is 6.54 Å². The number of hydrogen-bond acceptors (Lipinski definition) is 4. The highest BCUT2D eigenvalue weighted by Gasteiger charge is 2.37. The molecule has 2 saturated heterocycles. The van der Waals surface area contributed by atoms with Gasteiger partial charge in [-0.2, -0.15) is 13.2 Å². The Morgan fingerprint density at radius 2 is 1.79 bits per heavy atom. The number of alkyl halides is 4. The van der Waals surface area contributed by atoms with Gasteiger partial charge in [-0.15, -0.1) is 0 Å². The van der Waals surface area contributed by atoms with Crippen molar-refractivity contribution in [1.29, 1.82) is 0 Å². The van der Waals surface area contributed by atoms with Gasteiger partial charge in [0.05, 0.1) is 30.5 Å². The normalized spacial score (nSPS) is 22.2. The zero-order chi connectivity index (χ0) is 24.5. The maximum absolute atomic E-state index is 13.7. The summed E-state index contributed by atoms with van der Waals surface area (Å²) in [4.78, 5) is 8.18. The van der Waals surface area contributed by atoms with Crippen LogP contribution >= 0.6 is 0 Å². The second-order valence-electron chi connectivity index (χ2n) is 9.51. The maximum atomic E-state index is 13.7. The summed E-state index contributed by atoms with van der Waals surface area (Å²) in [6.07, 6.45) is -4.49. The van der Waals surface area contributed by atoms with E-state index in [1.54, 1.807) is 24.0 Å². The smallest absolute Gasteiger partial charge is 0.371 e. The van der Waals surface area contributed by atoms with E-state index < -0.39 is 24.0 Å². The molecule has 0 spiro atoms. The van der Waals surface area contributed by atoms with Gasteiger partial charge in [0.2, 0.25) is 0 Å². The molecular weight excluding hydrogens is 453 g/mol. The molecule has 4 rings (SSSR count). The van der Waals surface area contributed by atoms with Crippen molar-refractivity contribution in [1.82, 2.24) is 9.88 Å². The van der Waals surface area contributed by atoms with Crippen molar-refractivity contribution in [3.05, 3.63) is 59.0 Å². The van der Waals surface area contributed by atoms with Crippen LogP contribution in [-0.2, 0) is 16.3 Å². The molecule has 2 aliphatic heterocycles. The Hall–Kier alpha value is -2.26. The van der Waals surface area contributed by atoms with E-state index in [1.807, 2.05) is 7.05 Å². The molecule has 2 aliphatic rings. The predicted molar refractivity (Wildman–Crippen MR) is 120 cm³/mol. The lowest BCUT2D eigenvalue weighted by molar-refractivity contribution is -0.137. The third-order valence-electron chi connectivity index (χ3n) is 7.04. The number of hydrogen-bond donors (Lipinski definition) is 0. The first-order chi connectivity index (χ1) is 16.1. The maximum Gasteiger partial charge on any atom is 0.416 e. The number of rotatable bonds is 6. The Kier molecular flexibility index (Phi) is 7.14. The van der Waals surface area contributed by atoms with E-state index in [-0.39, 0.29) is 42.3 Å². The van der Waals surface area contributed by atoms with Gasteiger partial charge >= 0.3 is 6.18 Å². The number of aromatic nitrogens is 1. The fourth-order valence-corrected chi connectivity index (χ4v) is 4.73. The number of nitrogens with zero attached hydrogens (tertiary/aromatic N) is 3. The number of ether oxygens (including phenoxy) is 1. The molecule has 34 heavy (non-hydrogen) atoms. The Balaban J connectivity index is 1.58. The predicted octanol–water partition coefficient (Wildman–Crippen LogP) is 5.53. The Labute approximate surface area is 196 Å². The van der Waals surface area contributed by atoms with Crippen LogP contribution in [0.4, 0.5) is 27.8 Å². The van der Waals surface area contributed by atoms with E-state index >= 15 is 0 Å². The SMILES string of the molecule is CC(OCC1(c2ccc(F)cc2)CCN(C)CC1)c1cc(C(F)(F)F)cc(N2CC[C@@H](F)C2)n1. The van der Waals surface area contributed by atoms with Gasteiger partial charge < -0.3 is 14.5 Å². The van der Waals surface area contributed by atoms with Crippen molar-refractivity contribution in [2.75, 3.05) is 44.7 Å². The average molecular weight is 484 g/mol. The highest BCUT2D eigenvalue weighted by molar-refractivity contribution is 5.45. The van der Waals surface area contributed by atoms with Gasteiger partial charge in [-0.3, -0.25) is 0 Å². The number of anilines is 1. The van der Waals surface area contributed by atoms with Crippen LogP contribution < -0.4 is 4.90 Å². The summed E-state index contributed by atoms with van der Waals surface area (Å²) in [6, 6.07) is 8.36. The van der Waals surface area contributed by atoms with Crippen LogP contribution in [0.25, 0.3) is 0 Å². The largest absolute Gasteiger partial charge is 0.416 e. The van der Waals surface area contributed by atoms with Gasteiger partial charge in [-0.1, -0.05) is 12.1 Å². The van der Waals surface area contributed by atoms with Crippen LogP contribution in [0.2, 0.25) is 0 Å². The molecule has 0 radical (unpaired) electrons. The third kappa shape index (κ3) is 5.51. The number of pyridine rings is 1. The molecule has 3 heterocycles. The molecule has 2 fully saturated rings. The van der Waals surface area contributed by atoms with Gasteiger partial charge in [0.15, 0.2) is 0 Å². The van der Waals surface area contributed by atoms with Crippen molar-refractivity contribution < 1.29 is 26.7 Å². The van der Waals surface area contributed by atoms with Gasteiger partial charge in [-0.05, 0) is 76.2 Å². The Morgan fingerprint density at radius 1 is 1.12 bits per heavy atom. The lowest BCUT2D eigenvalue weighted by Gasteiger charge is -2.41. The number of piperidine rings is 1.